The van der Waals surface area contributed by atoms with Crippen molar-refractivity contribution in [1.82, 2.24) is 14.8 Å². The molecule has 0 bridgehead atoms. The van der Waals surface area contributed by atoms with Crippen molar-refractivity contribution >= 4 is 21.6 Å². The number of pyridine rings is 1. The molecule has 1 aliphatic heterocycles. The van der Waals surface area contributed by atoms with Crippen molar-refractivity contribution in [2.24, 2.45) is 0 Å². The molecule has 1 fully saturated rings. The van der Waals surface area contributed by atoms with Gasteiger partial charge in [0.2, 0.25) is 0 Å². The van der Waals surface area contributed by atoms with Gasteiger partial charge in [-0.3, -0.25) is 9.48 Å². The van der Waals surface area contributed by atoms with Gasteiger partial charge in [0.15, 0.2) is 9.84 Å². The predicted octanol–water partition coefficient (Wildman–Crippen LogP) is 2.01. The Kier molecular flexibility index (Phi) is 4.40. The minimum Gasteiger partial charge on any atom is -0.306 e. The molecule has 0 aliphatic carbocycles. The molecule has 24 heavy (non-hydrogen) atoms. The summed E-state index contributed by atoms with van der Waals surface area (Å²) in [5.74, 6) is 0.476. The first-order chi connectivity index (χ1) is 11.4. The molecule has 3 rings (SSSR count). The number of sulfone groups is 1. The molecule has 1 amide bonds. The van der Waals surface area contributed by atoms with Gasteiger partial charge >= 0.3 is 0 Å². The number of nitrogens with one attached hydrogen (secondary N) is 1. The van der Waals surface area contributed by atoms with Crippen LogP contribution in [-0.2, 0) is 9.84 Å². The van der Waals surface area contributed by atoms with E-state index in [1.165, 1.54) is 0 Å². The Balaban J connectivity index is 1.88. The molecular weight excluding hydrogens is 328 g/mol. The van der Waals surface area contributed by atoms with E-state index < -0.39 is 9.84 Å². The lowest BCUT2D eigenvalue weighted by molar-refractivity contribution is 0.102. The summed E-state index contributed by atoms with van der Waals surface area (Å²) in [6, 6.07) is 5.07. The molecule has 0 aromatic carbocycles. The monoisotopic (exact) mass is 348 g/mol. The third-order valence-corrected chi connectivity index (χ3v) is 5.79. The summed E-state index contributed by atoms with van der Waals surface area (Å²) in [4.78, 5) is 16.7. The lowest BCUT2D eigenvalue weighted by atomic mass is 10.1. The molecule has 3 heterocycles. The highest BCUT2D eigenvalue weighted by Crippen LogP contribution is 2.26. The number of hydrogen-bond acceptors (Lipinski definition) is 5. The largest absolute Gasteiger partial charge is 0.306 e. The third kappa shape index (κ3) is 3.48. The Morgan fingerprint density at radius 2 is 2.17 bits per heavy atom. The number of aromatic nitrogens is 3. The average Bonchev–Trinajstić information content (AvgIpc) is 3.11. The van der Waals surface area contributed by atoms with Crippen LogP contribution in [0.25, 0.3) is 0 Å². The van der Waals surface area contributed by atoms with Crippen LogP contribution in [0.2, 0.25) is 0 Å². The van der Waals surface area contributed by atoms with E-state index in [0.29, 0.717) is 23.5 Å². The second-order valence-corrected chi connectivity index (χ2v) is 8.52. The second-order valence-electron chi connectivity index (χ2n) is 6.29. The molecule has 2 aromatic heterocycles. The second kappa shape index (κ2) is 6.35. The van der Waals surface area contributed by atoms with Gasteiger partial charge in [-0.15, -0.1) is 0 Å². The van der Waals surface area contributed by atoms with E-state index >= 15 is 0 Å². The first-order valence-corrected chi connectivity index (χ1v) is 9.70. The maximum atomic E-state index is 12.6. The zero-order valence-corrected chi connectivity index (χ0v) is 14.5. The number of nitrogens with zero attached hydrogens (tertiary/aromatic N) is 3. The molecule has 0 spiro atoms. The van der Waals surface area contributed by atoms with Gasteiger partial charge in [0.05, 0.1) is 28.8 Å². The Bertz CT molecular complexity index is 843. The van der Waals surface area contributed by atoms with Crippen LogP contribution in [0.1, 0.15) is 48.3 Å². The van der Waals surface area contributed by atoms with E-state index in [0.717, 1.165) is 0 Å². The Morgan fingerprint density at radius 3 is 2.75 bits per heavy atom. The van der Waals surface area contributed by atoms with Crippen LogP contribution in [-0.4, -0.2) is 40.6 Å². The lowest BCUT2D eigenvalue weighted by Gasteiger charge is -2.07. The van der Waals surface area contributed by atoms with Gasteiger partial charge in [0.25, 0.3) is 5.91 Å². The molecule has 128 valence electrons. The van der Waals surface area contributed by atoms with E-state index in [-0.39, 0.29) is 29.4 Å². The topological polar surface area (TPSA) is 94.0 Å². The minimum absolute atomic E-state index is 0.0498. The maximum Gasteiger partial charge on any atom is 0.260 e. The number of carbonyl (C=O) groups is 1. The SMILES string of the molecule is CC(C)c1nn(C2CCS(=O)(=O)C2)cc1C(=O)Nc1ccccn1. The zero-order chi connectivity index (χ0) is 17.3. The van der Waals surface area contributed by atoms with Gasteiger partial charge in [0.1, 0.15) is 5.82 Å². The van der Waals surface area contributed by atoms with Crippen molar-refractivity contribution < 1.29 is 13.2 Å². The predicted molar refractivity (Wildman–Crippen MR) is 90.8 cm³/mol. The summed E-state index contributed by atoms with van der Waals surface area (Å²) in [7, 11) is -3.01. The van der Waals surface area contributed by atoms with Crippen LogP contribution in [0.15, 0.2) is 30.6 Å². The molecule has 1 N–H and O–H groups in total. The van der Waals surface area contributed by atoms with Gasteiger partial charge in [0, 0.05) is 12.4 Å². The fourth-order valence-electron chi connectivity index (χ4n) is 2.80. The number of amides is 1. The molecule has 8 heteroatoms. The summed E-state index contributed by atoms with van der Waals surface area (Å²) in [6.07, 6.45) is 3.79. The third-order valence-electron chi connectivity index (χ3n) is 4.04. The summed E-state index contributed by atoms with van der Waals surface area (Å²) >= 11 is 0. The Labute approximate surface area is 141 Å². The highest BCUT2D eigenvalue weighted by atomic mass is 32.2. The van der Waals surface area contributed by atoms with Crippen LogP contribution < -0.4 is 5.32 Å². The van der Waals surface area contributed by atoms with Crippen molar-refractivity contribution in [3.8, 4) is 0 Å². The van der Waals surface area contributed by atoms with Crippen molar-refractivity contribution in [3.63, 3.8) is 0 Å². The lowest BCUT2D eigenvalue weighted by Crippen LogP contribution is -2.14. The van der Waals surface area contributed by atoms with Crippen molar-refractivity contribution in [3.05, 3.63) is 41.9 Å². The summed E-state index contributed by atoms with van der Waals surface area (Å²) < 4.78 is 25.0. The smallest absolute Gasteiger partial charge is 0.260 e. The van der Waals surface area contributed by atoms with Gasteiger partial charge in [-0.05, 0) is 24.5 Å². The van der Waals surface area contributed by atoms with Gasteiger partial charge in [-0.1, -0.05) is 19.9 Å². The van der Waals surface area contributed by atoms with Crippen molar-refractivity contribution in [1.29, 1.82) is 0 Å². The highest BCUT2D eigenvalue weighted by Gasteiger charge is 2.31. The van der Waals surface area contributed by atoms with Crippen LogP contribution in [0.4, 0.5) is 5.82 Å². The molecule has 1 unspecified atom stereocenters. The van der Waals surface area contributed by atoms with E-state index in [2.05, 4.69) is 15.4 Å². The number of rotatable bonds is 4. The molecule has 1 atom stereocenters. The summed E-state index contributed by atoms with van der Waals surface area (Å²) in [6.45, 7) is 3.91. The van der Waals surface area contributed by atoms with E-state index in [1.54, 1.807) is 35.3 Å². The molecule has 0 saturated carbocycles. The summed E-state index contributed by atoms with van der Waals surface area (Å²) in [5, 5.41) is 7.24. The molecule has 7 nitrogen and oxygen atoms in total. The number of hydrogen-bond donors (Lipinski definition) is 1. The van der Waals surface area contributed by atoms with Gasteiger partial charge in [-0.25, -0.2) is 13.4 Å². The fraction of sp³-hybridized carbons (Fsp3) is 0.438. The number of anilines is 1. The molecule has 1 saturated heterocycles. The van der Waals surface area contributed by atoms with E-state index in [9.17, 15) is 13.2 Å². The minimum atomic E-state index is -3.01. The van der Waals surface area contributed by atoms with E-state index in [4.69, 9.17) is 0 Å². The van der Waals surface area contributed by atoms with Crippen LogP contribution in [0, 0.1) is 0 Å². The highest BCUT2D eigenvalue weighted by molar-refractivity contribution is 7.91. The quantitative estimate of drug-likeness (QED) is 0.912. The maximum absolute atomic E-state index is 12.6. The van der Waals surface area contributed by atoms with Crippen LogP contribution >= 0.6 is 0 Å². The van der Waals surface area contributed by atoms with Crippen LogP contribution in [0.5, 0.6) is 0 Å². The molecule has 1 aliphatic rings. The standard InChI is InChI=1S/C16H20N4O3S/c1-11(2)15-13(16(21)18-14-5-3-4-7-17-14)9-20(19-15)12-6-8-24(22,23)10-12/h3-5,7,9,11-12H,6,8,10H2,1-2H3,(H,17,18,21). The number of carbonyl (C=O) groups excluding carboxylic acids is 1. The van der Waals surface area contributed by atoms with Crippen molar-refractivity contribution in [2.75, 3.05) is 16.8 Å². The molecular formula is C16H20N4O3S. The Hall–Kier alpha value is -2.22. The molecule has 2 aromatic rings. The normalized spacial score (nSPS) is 19.5. The Morgan fingerprint density at radius 1 is 1.38 bits per heavy atom. The summed E-state index contributed by atoms with van der Waals surface area (Å²) in [5.41, 5.74) is 1.12. The van der Waals surface area contributed by atoms with E-state index in [1.807, 2.05) is 13.8 Å². The first-order valence-electron chi connectivity index (χ1n) is 7.87. The van der Waals surface area contributed by atoms with Gasteiger partial charge in [-0.2, -0.15) is 5.10 Å². The van der Waals surface area contributed by atoms with Gasteiger partial charge < -0.3 is 5.32 Å². The fourth-order valence-corrected chi connectivity index (χ4v) is 4.50. The van der Waals surface area contributed by atoms with Crippen LogP contribution in [0.3, 0.4) is 0 Å². The average molecular weight is 348 g/mol. The molecule has 0 radical (unpaired) electrons. The first kappa shape index (κ1) is 16.6. The zero-order valence-electron chi connectivity index (χ0n) is 13.6. The van der Waals surface area contributed by atoms with Crippen molar-refractivity contribution in [2.45, 2.75) is 32.2 Å².